The van der Waals surface area contributed by atoms with Gasteiger partial charge in [-0.1, -0.05) is 43.7 Å². The van der Waals surface area contributed by atoms with E-state index < -0.39 is 15.3 Å². The van der Waals surface area contributed by atoms with Crippen molar-refractivity contribution in [1.29, 1.82) is 0 Å². The molecule has 1 unspecified atom stereocenters. The molecule has 3 aliphatic heterocycles. The number of piperazine rings is 1. The molecule has 2 aliphatic carbocycles. The van der Waals surface area contributed by atoms with Gasteiger partial charge in [-0.3, -0.25) is 14.4 Å². The van der Waals surface area contributed by atoms with Crippen LogP contribution < -0.4 is 14.4 Å². The van der Waals surface area contributed by atoms with Gasteiger partial charge in [0.05, 0.1) is 22.0 Å². The molecule has 7 rings (SSSR count). The molecule has 3 heterocycles. The van der Waals surface area contributed by atoms with Crippen molar-refractivity contribution in [3.05, 3.63) is 70.3 Å². The van der Waals surface area contributed by atoms with Gasteiger partial charge in [0.25, 0.3) is 5.91 Å². The van der Waals surface area contributed by atoms with Gasteiger partial charge in [-0.2, -0.15) is 0 Å². The Hall–Kier alpha value is -2.56. The summed E-state index contributed by atoms with van der Waals surface area (Å²) in [6.07, 6.45) is 10.6. The number of allylic oxidation sites excluding steroid dienone is 1. The number of methoxy groups -OCH3 is 1. The van der Waals surface area contributed by atoms with Crippen LogP contribution in [0.3, 0.4) is 0 Å². The summed E-state index contributed by atoms with van der Waals surface area (Å²) < 4.78 is 30.3. The highest BCUT2D eigenvalue weighted by Gasteiger charge is 2.50. The number of benzene rings is 2. The van der Waals surface area contributed by atoms with Crippen LogP contribution in [0.15, 0.2) is 48.6 Å². The second-order valence-electron chi connectivity index (χ2n) is 16.1. The van der Waals surface area contributed by atoms with Gasteiger partial charge < -0.3 is 19.3 Å². The van der Waals surface area contributed by atoms with Crippen LogP contribution in [0.4, 0.5) is 5.69 Å². The highest BCUT2D eigenvalue weighted by Crippen LogP contribution is 2.49. The van der Waals surface area contributed by atoms with E-state index in [0.717, 1.165) is 107 Å². The van der Waals surface area contributed by atoms with E-state index in [2.05, 4.69) is 63.4 Å². The summed E-state index contributed by atoms with van der Waals surface area (Å²) in [6.45, 7) is 14.6. The fraction of sp³-hybridized carbons (Fsp3) is 0.610. The molecule has 2 bridgehead atoms. The van der Waals surface area contributed by atoms with E-state index in [0.29, 0.717) is 24.0 Å². The molecule has 1 spiro atoms. The van der Waals surface area contributed by atoms with E-state index in [1.807, 2.05) is 32.2 Å². The Morgan fingerprint density at radius 3 is 2.61 bits per heavy atom. The lowest BCUT2D eigenvalue weighted by atomic mass is 9.63. The average molecular weight is 737 g/mol. The number of nitrogens with one attached hydrogen (secondary N) is 1. The summed E-state index contributed by atoms with van der Waals surface area (Å²) in [4.78, 5) is 21.4. The first-order chi connectivity index (χ1) is 24.5. The number of carbonyl (C=O) groups excluding carboxylic acids is 1. The summed E-state index contributed by atoms with van der Waals surface area (Å²) in [5.74, 6) is 5.25. The quantitative estimate of drug-likeness (QED) is 0.296. The van der Waals surface area contributed by atoms with Crippen molar-refractivity contribution in [1.82, 2.24) is 14.5 Å². The van der Waals surface area contributed by atoms with Gasteiger partial charge in [0, 0.05) is 74.2 Å². The summed E-state index contributed by atoms with van der Waals surface area (Å²) in [6, 6.07) is 12.0. The number of hydrogen-bond acceptors (Lipinski definition) is 7. The Balaban J connectivity index is 1.30. The third-order valence-corrected chi connectivity index (χ3v) is 15.6. The summed E-state index contributed by atoms with van der Waals surface area (Å²) in [5, 5.41) is 0.447. The summed E-state index contributed by atoms with van der Waals surface area (Å²) in [7, 11) is -1.05. The summed E-state index contributed by atoms with van der Waals surface area (Å²) in [5.41, 5.74) is 3.35. The number of anilines is 1. The van der Waals surface area contributed by atoms with Crippen molar-refractivity contribution < 1.29 is 18.5 Å². The molecule has 5 aliphatic rings. The standard InChI is InChI=1S/C41H57ClN4O4S/c1-6-44-19-21-45(22-20-44)27-41(49-4)18-7-9-29(2)30(3)51(5,48)43-39(47)32-12-16-38-37(24-32)46(25-33-11-14-36(33)41)26-40(28-50-38)17-8-10-31-23-34(42)13-15-35(31)40/h7,12-13,15-16,18,23-24,29-30,33,36H,5-6,8-11,14,17,19-22,25-28H2,1-4H3,(H,43,47,48)/b18-7+/t29-,30+,33-,36+,40-,41-,51?/m0/s1. The van der Waals surface area contributed by atoms with Crippen LogP contribution in [-0.4, -0.2) is 103 Å². The lowest BCUT2D eigenvalue weighted by Crippen LogP contribution is -2.59. The van der Waals surface area contributed by atoms with E-state index in [1.165, 1.54) is 11.1 Å². The van der Waals surface area contributed by atoms with Crippen LogP contribution >= 0.6 is 11.6 Å². The van der Waals surface area contributed by atoms with Crippen LogP contribution in [0.1, 0.15) is 74.4 Å². The fourth-order valence-electron chi connectivity index (χ4n) is 9.52. The number of nitrogens with zero attached hydrogens (tertiary/aromatic N) is 3. The molecule has 1 saturated heterocycles. The van der Waals surface area contributed by atoms with E-state index in [1.54, 1.807) is 6.07 Å². The lowest BCUT2D eigenvalue weighted by Gasteiger charge is -2.52. The molecule has 1 N–H and O–H groups in total. The zero-order valence-electron chi connectivity index (χ0n) is 31.0. The number of carbonyl (C=O) groups is 1. The molecule has 278 valence electrons. The van der Waals surface area contributed by atoms with E-state index in [4.69, 9.17) is 21.1 Å². The number of amides is 1. The van der Waals surface area contributed by atoms with Crippen LogP contribution in [0.25, 0.3) is 0 Å². The molecule has 51 heavy (non-hydrogen) atoms. The summed E-state index contributed by atoms with van der Waals surface area (Å²) >= 11 is 6.51. The van der Waals surface area contributed by atoms with Gasteiger partial charge in [0.15, 0.2) is 0 Å². The molecule has 2 aromatic carbocycles. The first kappa shape index (κ1) is 36.8. The molecular formula is C41H57ClN4O4S. The largest absolute Gasteiger partial charge is 0.490 e. The van der Waals surface area contributed by atoms with Crippen molar-refractivity contribution in [2.45, 2.75) is 75.6 Å². The van der Waals surface area contributed by atoms with Gasteiger partial charge >= 0.3 is 0 Å². The van der Waals surface area contributed by atoms with Crippen molar-refractivity contribution >= 4 is 38.8 Å². The molecular weight excluding hydrogens is 680 g/mol. The Morgan fingerprint density at radius 2 is 1.88 bits per heavy atom. The lowest BCUT2D eigenvalue weighted by molar-refractivity contribution is -0.0953. The van der Waals surface area contributed by atoms with Crippen LogP contribution in [0.5, 0.6) is 5.75 Å². The SMILES string of the molecule is C=S1(=O)NC(=O)c2ccc3c(c2)N(C[C@@H]2CC[C@H]2[C@](CN2CCN(CC)CC2)(OC)/C=C/C[C@H](C)[C@H]1C)C[C@@]1(CCCc2cc(Cl)ccc21)CO3. The number of fused-ring (bicyclic) bond motifs is 4. The minimum atomic E-state index is -2.94. The van der Waals surface area contributed by atoms with E-state index in [-0.39, 0.29) is 22.5 Å². The topological polar surface area (TPSA) is 74.4 Å². The van der Waals surface area contributed by atoms with Crippen molar-refractivity contribution in [3.63, 3.8) is 0 Å². The van der Waals surface area contributed by atoms with E-state index in [9.17, 15) is 9.00 Å². The first-order valence-electron chi connectivity index (χ1n) is 19.1. The maximum atomic E-state index is 14.0. The zero-order chi connectivity index (χ0) is 36.0. The third kappa shape index (κ3) is 7.22. The predicted octanol–water partition coefficient (Wildman–Crippen LogP) is 6.21. The van der Waals surface area contributed by atoms with Crippen LogP contribution in [0, 0.1) is 17.8 Å². The Morgan fingerprint density at radius 1 is 1.10 bits per heavy atom. The normalized spacial score (nSPS) is 35.5. The second-order valence-corrected chi connectivity index (χ2v) is 18.9. The molecule has 2 aromatic rings. The van der Waals surface area contributed by atoms with Gasteiger partial charge in [-0.25, -0.2) is 4.21 Å². The number of aryl methyl sites for hydroxylation is 1. The molecule has 1 saturated carbocycles. The number of halogens is 1. The number of rotatable bonds is 4. The number of likely N-dealkylation sites (N-methyl/N-ethyl adjacent to an activating group) is 1. The Bertz CT molecular complexity index is 1740. The van der Waals surface area contributed by atoms with E-state index >= 15 is 0 Å². The maximum Gasteiger partial charge on any atom is 0.262 e. The molecule has 10 heteroatoms. The molecule has 8 nitrogen and oxygen atoms in total. The zero-order valence-corrected chi connectivity index (χ0v) is 32.6. The smallest absolute Gasteiger partial charge is 0.262 e. The third-order valence-electron chi connectivity index (χ3n) is 13.1. The number of hydrogen-bond donors (Lipinski definition) is 1. The highest BCUT2D eigenvalue weighted by molar-refractivity contribution is 7.99. The Labute approximate surface area is 311 Å². The highest BCUT2D eigenvalue weighted by atomic mass is 35.5. The molecule has 2 fully saturated rings. The van der Waals surface area contributed by atoms with Crippen LogP contribution in [-0.2, 0) is 26.3 Å². The maximum absolute atomic E-state index is 14.0. The molecule has 0 aromatic heterocycles. The minimum absolute atomic E-state index is 0.0414. The van der Waals surface area contributed by atoms with Crippen molar-refractivity contribution in [3.8, 4) is 5.75 Å². The molecule has 7 atom stereocenters. The predicted molar refractivity (Wildman–Crippen MR) is 210 cm³/mol. The van der Waals surface area contributed by atoms with Gasteiger partial charge in [0.1, 0.15) is 11.4 Å². The van der Waals surface area contributed by atoms with Gasteiger partial charge in [-0.15, -0.1) is 0 Å². The Kier molecular flexibility index (Phi) is 10.6. The van der Waals surface area contributed by atoms with Gasteiger partial charge in [-0.05, 0) is 117 Å². The first-order valence-corrected chi connectivity index (χ1v) is 21.3. The number of ether oxygens (including phenoxy) is 2. The minimum Gasteiger partial charge on any atom is -0.490 e. The average Bonchev–Trinajstić information content (AvgIpc) is 3.25. The van der Waals surface area contributed by atoms with Crippen molar-refractivity contribution in [2.75, 3.05) is 71.0 Å². The fourth-order valence-corrected chi connectivity index (χ4v) is 11.2. The second kappa shape index (κ2) is 14.7. The molecule has 0 radical (unpaired) electrons. The van der Waals surface area contributed by atoms with Crippen LogP contribution in [0.2, 0.25) is 5.02 Å². The van der Waals surface area contributed by atoms with Gasteiger partial charge in [0.2, 0.25) is 0 Å². The monoisotopic (exact) mass is 736 g/mol. The van der Waals surface area contributed by atoms with Crippen molar-refractivity contribution in [2.24, 2.45) is 17.8 Å². The molecule has 1 amide bonds.